The first kappa shape index (κ1) is 14.1. The van der Waals surface area contributed by atoms with E-state index in [1.807, 2.05) is 17.0 Å². The van der Waals surface area contributed by atoms with Gasteiger partial charge < -0.3 is 10.6 Å². The summed E-state index contributed by atoms with van der Waals surface area (Å²) in [5, 5.41) is 0. The predicted molar refractivity (Wildman–Crippen MR) is 78.0 cm³/mol. The monoisotopic (exact) mass is 260 g/mol. The molecule has 1 amide bonds. The van der Waals surface area contributed by atoms with E-state index in [1.54, 1.807) is 0 Å². The first-order valence-corrected chi connectivity index (χ1v) is 7.25. The molecule has 1 aromatic carbocycles. The largest absolute Gasteiger partial charge is 0.343 e. The van der Waals surface area contributed by atoms with Crippen molar-refractivity contribution in [3.63, 3.8) is 0 Å². The van der Waals surface area contributed by atoms with Crippen LogP contribution in [-0.4, -0.2) is 30.4 Å². The summed E-state index contributed by atoms with van der Waals surface area (Å²) in [5.41, 5.74) is 8.32. The molecule has 3 nitrogen and oxygen atoms in total. The van der Waals surface area contributed by atoms with Crippen molar-refractivity contribution in [2.75, 3.05) is 19.6 Å². The molecule has 2 N–H and O–H groups in total. The lowest BCUT2D eigenvalue weighted by Gasteiger charge is -2.28. The number of nitrogens with two attached hydrogens (primary N) is 1. The zero-order valence-corrected chi connectivity index (χ0v) is 11.8. The molecule has 0 radical (unpaired) electrons. The molecule has 1 saturated heterocycles. The molecular formula is C16H24N2O. The topological polar surface area (TPSA) is 46.3 Å². The number of hydrogen-bond donors (Lipinski definition) is 1. The van der Waals surface area contributed by atoms with Crippen LogP contribution in [-0.2, 0) is 4.79 Å². The molecule has 19 heavy (non-hydrogen) atoms. The molecule has 1 aliphatic heterocycles. The number of benzene rings is 1. The van der Waals surface area contributed by atoms with Crippen molar-refractivity contribution in [1.82, 2.24) is 4.90 Å². The average molecular weight is 260 g/mol. The summed E-state index contributed by atoms with van der Waals surface area (Å²) in [4.78, 5) is 14.3. The van der Waals surface area contributed by atoms with E-state index in [4.69, 9.17) is 5.73 Å². The smallest absolute Gasteiger partial charge is 0.223 e. The zero-order valence-electron chi connectivity index (χ0n) is 11.8. The van der Waals surface area contributed by atoms with Crippen molar-refractivity contribution in [3.8, 4) is 0 Å². The van der Waals surface area contributed by atoms with E-state index < -0.39 is 0 Å². The molecule has 0 saturated carbocycles. The average Bonchev–Trinajstić information content (AvgIpc) is 2.46. The highest BCUT2D eigenvalue weighted by atomic mass is 16.2. The predicted octanol–water partition coefficient (Wildman–Crippen LogP) is 2.44. The lowest BCUT2D eigenvalue weighted by molar-refractivity contribution is -0.132. The van der Waals surface area contributed by atoms with Gasteiger partial charge in [0.2, 0.25) is 5.91 Å². The second-order valence-corrected chi connectivity index (χ2v) is 5.43. The van der Waals surface area contributed by atoms with Gasteiger partial charge in [0.1, 0.15) is 0 Å². The number of carbonyl (C=O) groups excluding carboxylic acids is 1. The van der Waals surface area contributed by atoms with Crippen molar-refractivity contribution in [1.29, 1.82) is 0 Å². The van der Waals surface area contributed by atoms with E-state index in [1.165, 1.54) is 17.5 Å². The Balaban J connectivity index is 2.02. The highest BCUT2D eigenvalue weighted by Crippen LogP contribution is 2.23. The minimum Gasteiger partial charge on any atom is -0.343 e. The summed E-state index contributed by atoms with van der Waals surface area (Å²) in [6.07, 6.45) is 4.08. The Hall–Kier alpha value is -1.35. The number of likely N-dealkylation sites (tertiary alicyclic amines) is 1. The summed E-state index contributed by atoms with van der Waals surface area (Å²) in [6, 6.07) is 8.23. The van der Waals surface area contributed by atoms with Gasteiger partial charge in [0, 0.05) is 25.4 Å². The third kappa shape index (κ3) is 3.57. The Morgan fingerprint density at radius 1 is 1.26 bits per heavy atom. The van der Waals surface area contributed by atoms with Gasteiger partial charge in [-0.2, -0.15) is 0 Å². The maximum absolute atomic E-state index is 12.3. The molecule has 1 aromatic rings. The van der Waals surface area contributed by atoms with Gasteiger partial charge in [-0.1, -0.05) is 24.3 Å². The maximum Gasteiger partial charge on any atom is 0.223 e. The molecular weight excluding hydrogens is 236 g/mol. The van der Waals surface area contributed by atoms with Crippen LogP contribution >= 0.6 is 0 Å². The molecule has 3 heteroatoms. The van der Waals surface area contributed by atoms with Crippen LogP contribution < -0.4 is 5.73 Å². The zero-order chi connectivity index (χ0) is 13.7. The summed E-state index contributed by atoms with van der Waals surface area (Å²) >= 11 is 0. The van der Waals surface area contributed by atoms with Crippen molar-refractivity contribution in [2.45, 2.75) is 38.5 Å². The Kier molecular flexibility index (Phi) is 4.97. The molecule has 0 aromatic heterocycles. The summed E-state index contributed by atoms with van der Waals surface area (Å²) in [7, 11) is 0. The van der Waals surface area contributed by atoms with Crippen molar-refractivity contribution in [3.05, 3.63) is 35.4 Å². The van der Waals surface area contributed by atoms with Crippen LogP contribution in [0, 0.1) is 6.92 Å². The number of nitrogens with zero attached hydrogens (tertiary/aromatic N) is 1. The SMILES string of the molecule is Cc1ccccc1C(CN)CC(=O)N1CCCCC1. The summed E-state index contributed by atoms with van der Waals surface area (Å²) in [6.45, 7) is 4.46. The fourth-order valence-electron chi connectivity index (χ4n) is 2.85. The van der Waals surface area contributed by atoms with Gasteiger partial charge in [-0.25, -0.2) is 0 Å². The number of carbonyl (C=O) groups is 1. The summed E-state index contributed by atoms with van der Waals surface area (Å²) in [5.74, 6) is 0.411. The van der Waals surface area contributed by atoms with E-state index in [0.29, 0.717) is 13.0 Å². The van der Waals surface area contributed by atoms with Crippen LogP contribution in [0.2, 0.25) is 0 Å². The van der Waals surface area contributed by atoms with Gasteiger partial charge in [0.05, 0.1) is 0 Å². The first-order valence-electron chi connectivity index (χ1n) is 7.25. The van der Waals surface area contributed by atoms with E-state index in [0.717, 1.165) is 25.9 Å². The van der Waals surface area contributed by atoms with Gasteiger partial charge in [-0.3, -0.25) is 4.79 Å². The molecule has 1 unspecified atom stereocenters. The second-order valence-electron chi connectivity index (χ2n) is 5.43. The van der Waals surface area contributed by atoms with Crippen LogP contribution in [0.1, 0.15) is 42.7 Å². The Morgan fingerprint density at radius 3 is 2.58 bits per heavy atom. The van der Waals surface area contributed by atoms with Crippen LogP contribution in [0.4, 0.5) is 0 Å². The Bertz CT molecular complexity index is 425. The molecule has 104 valence electrons. The lowest BCUT2D eigenvalue weighted by Crippen LogP contribution is -2.37. The maximum atomic E-state index is 12.3. The number of hydrogen-bond acceptors (Lipinski definition) is 2. The van der Waals surface area contributed by atoms with E-state index in [-0.39, 0.29) is 11.8 Å². The number of rotatable bonds is 4. The molecule has 2 rings (SSSR count). The van der Waals surface area contributed by atoms with E-state index in [2.05, 4.69) is 19.1 Å². The molecule has 0 bridgehead atoms. The van der Waals surface area contributed by atoms with Crippen molar-refractivity contribution < 1.29 is 4.79 Å². The second kappa shape index (κ2) is 6.71. The number of piperidine rings is 1. The van der Waals surface area contributed by atoms with Gasteiger partial charge in [0.15, 0.2) is 0 Å². The van der Waals surface area contributed by atoms with Gasteiger partial charge >= 0.3 is 0 Å². The molecule has 0 aliphatic carbocycles. The van der Waals surface area contributed by atoms with Gasteiger partial charge in [0.25, 0.3) is 0 Å². The molecule has 1 heterocycles. The normalized spacial score (nSPS) is 17.3. The minimum atomic E-state index is 0.149. The Morgan fingerprint density at radius 2 is 1.95 bits per heavy atom. The van der Waals surface area contributed by atoms with Gasteiger partial charge in [-0.15, -0.1) is 0 Å². The summed E-state index contributed by atoms with van der Waals surface area (Å²) < 4.78 is 0. The molecule has 1 fully saturated rings. The fraction of sp³-hybridized carbons (Fsp3) is 0.562. The van der Waals surface area contributed by atoms with Crippen molar-refractivity contribution in [2.24, 2.45) is 5.73 Å². The van der Waals surface area contributed by atoms with Crippen LogP contribution in [0.15, 0.2) is 24.3 Å². The minimum absolute atomic E-state index is 0.149. The number of amides is 1. The van der Waals surface area contributed by atoms with E-state index >= 15 is 0 Å². The quantitative estimate of drug-likeness (QED) is 0.904. The fourth-order valence-corrected chi connectivity index (χ4v) is 2.85. The standard InChI is InChI=1S/C16H24N2O/c1-13-7-3-4-8-15(13)14(12-17)11-16(19)18-9-5-2-6-10-18/h3-4,7-8,14H,2,5-6,9-12,17H2,1H3. The Labute approximate surface area is 115 Å². The van der Waals surface area contributed by atoms with Crippen LogP contribution in [0.5, 0.6) is 0 Å². The number of aryl methyl sites for hydroxylation is 1. The third-order valence-corrected chi connectivity index (χ3v) is 4.04. The lowest BCUT2D eigenvalue weighted by atomic mass is 9.91. The van der Waals surface area contributed by atoms with Crippen LogP contribution in [0.3, 0.4) is 0 Å². The molecule has 1 aliphatic rings. The molecule has 1 atom stereocenters. The highest BCUT2D eigenvalue weighted by molar-refractivity contribution is 5.77. The van der Waals surface area contributed by atoms with Crippen molar-refractivity contribution >= 4 is 5.91 Å². The third-order valence-electron chi connectivity index (χ3n) is 4.04. The highest BCUT2D eigenvalue weighted by Gasteiger charge is 2.21. The van der Waals surface area contributed by atoms with E-state index in [9.17, 15) is 4.79 Å². The van der Waals surface area contributed by atoms with Gasteiger partial charge in [-0.05, 0) is 43.9 Å². The molecule has 0 spiro atoms. The van der Waals surface area contributed by atoms with Crippen LogP contribution in [0.25, 0.3) is 0 Å². The first-order chi connectivity index (χ1) is 9.22.